The summed E-state index contributed by atoms with van der Waals surface area (Å²) in [6.45, 7) is 2.16. The average Bonchev–Trinajstić information content (AvgIpc) is 3.22. The number of imidazole rings is 1. The van der Waals surface area contributed by atoms with Crippen LogP contribution in [-0.4, -0.2) is 51.3 Å². The van der Waals surface area contributed by atoms with Gasteiger partial charge in [-0.05, 0) is 43.5 Å². The summed E-state index contributed by atoms with van der Waals surface area (Å²) in [5.74, 6) is -0.442. The summed E-state index contributed by atoms with van der Waals surface area (Å²) >= 11 is 6.05. The molecule has 2 aromatic carbocycles. The maximum atomic E-state index is 12.8. The van der Waals surface area contributed by atoms with Crippen LogP contribution in [0.4, 0.5) is 13.2 Å². The number of nitrogens with zero attached hydrogens (tertiary/aromatic N) is 2. The summed E-state index contributed by atoms with van der Waals surface area (Å²) in [6.07, 6.45) is -4.13. The summed E-state index contributed by atoms with van der Waals surface area (Å²) in [6, 6.07) is 10.8. The Bertz CT molecular complexity index is 1260. The molecule has 1 aromatic heterocycles. The molecule has 198 valence electrons. The molecule has 1 heterocycles. The Hall–Kier alpha value is -3.37. The van der Waals surface area contributed by atoms with Gasteiger partial charge in [0, 0.05) is 43.9 Å². The van der Waals surface area contributed by atoms with E-state index in [1.54, 1.807) is 17.8 Å². The normalized spacial score (nSPS) is 13.2. The van der Waals surface area contributed by atoms with Crippen molar-refractivity contribution in [2.75, 3.05) is 6.61 Å². The number of benzene rings is 2. The fourth-order valence-corrected chi connectivity index (χ4v) is 3.90. The van der Waals surface area contributed by atoms with E-state index < -0.39 is 24.2 Å². The van der Waals surface area contributed by atoms with Crippen LogP contribution in [0.5, 0.6) is 5.75 Å². The van der Waals surface area contributed by atoms with Crippen LogP contribution in [0.2, 0.25) is 5.02 Å². The molecular weight excluding hydrogens is 511 g/mol. The molecule has 0 bridgehead atoms. The van der Waals surface area contributed by atoms with Crippen molar-refractivity contribution in [3.63, 3.8) is 0 Å². The Morgan fingerprint density at radius 2 is 1.86 bits per heavy atom. The molecular formula is C26H27ClF3N3O4. The van der Waals surface area contributed by atoms with Crippen molar-refractivity contribution in [3.8, 4) is 17.0 Å². The highest BCUT2D eigenvalue weighted by Gasteiger charge is 2.38. The van der Waals surface area contributed by atoms with Gasteiger partial charge in [0.1, 0.15) is 5.75 Å². The fraction of sp³-hybridized carbons (Fsp3) is 0.346. The number of amides is 1. The second-order valence-corrected chi connectivity index (χ2v) is 9.05. The average molecular weight is 538 g/mol. The lowest BCUT2D eigenvalue weighted by Gasteiger charge is -2.20. The Balaban J connectivity index is 1.68. The van der Waals surface area contributed by atoms with Gasteiger partial charge in [-0.3, -0.25) is 9.59 Å². The second-order valence-electron chi connectivity index (χ2n) is 8.65. The first kappa shape index (κ1) is 28.2. The molecule has 0 radical (unpaired) electrons. The molecule has 2 atom stereocenters. The van der Waals surface area contributed by atoms with Crippen molar-refractivity contribution in [1.82, 2.24) is 14.9 Å². The second kappa shape index (κ2) is 11.8. The molecule has 7 nitrogen and oxygen atoms in total. The first-order valence-corrected chi connectivity index (χ1v) is 11.8. The Labute approximate surface area is 217 Å². The molecule has 0 aliphatic rings. The zero-order valence-electron chi connectivity index (χ0n) is 20.5. The van der Waals surface area contributed by atoms with Crippen LogP contribution in [0.3, 0.4) is 0 Å². The number of carbonyl (C=O) groups is 2. The standard InChI is InChI=1S/C26H27ClF3N3O4/c1-15(35)24-32-22(14-33(24)3)18-6-4-17(5-7-18)12-20(10-11-34)31-25(36)19-8-9-23(21(27)13-19)37-16(2)26(28,29)30/h4-9,13-14,16,20,34H,10-12H2,1-3H3,(H,31,36)/t16-,20+/m0/s1. The van der Waals surface area contributed by atoms with E-state index in [1.807, 2.05) is 24.3 Å². The number of ether oxygens (including phenoxy) is 1. The topological polar surface area (TPSA) is 93.4 Å². The van der Waals surface area contributed by atoms with E-state index in [1.165, 1.54) is 25.1 Å². The van der Waals surface area contributed by atoms with Crippen molar-refractivity contribution in [3.05, 3.63) is 70.6 Å². The molecule has 0 aliphatic carbocycles. The van der Waals surface area contributed by atoms with Crippen LogP contribution in [0.25, 0.3) is 11.3 Å². The number of nitrogens with one attached hydrogen (secondary N) is 1. The Morgan fingerprint density at radius 3 is 2.41 bits per heavy atom. The predicted octanol–water partition coefficient (Wildman–Crippen LogP) is 5.00. The minimum atomic E-state index is -4.55. The SMILES string of the molecule is CC(=O)c1nc(-c2ccc(C[C@@H](CCO)NC(=O)c3ccc(O[C@@H](C)C(F)(F)F)c(Cl)c3)cc2)cn1C. The largest absolute Gasteiger partial charge is 0.480 e. The van der Waals surface area contributed by atoms with Crippen LogP contribution in [-0.2, 0) is 13.5 Å². The number of aliphatic hydroxyl groups excluding tert-OH is 1. The van der Waals surface area contributed by atoms with E-state index in [0.717, 1.165) is 18.1 Å². The van der Waals surface area contributed by atoms with Gasteiger partial charge in [0.15, 0.2) is 17.7 Å². The molecule has 3 aromatic rings. The van der Waals surface area contributed by atoms with Crippen LogP contribution in [0.1, 0.15) is 46.8 Å². The van der Waals surface area contributed by atoms with Crippen LogP contribution < -0.4 is 10.1 Å². The summed E-state index contributed by atoms with van der Waals surface area (Å²) < 4.78 is 44.8. The number of aliphatic hydroxyl groups is 1. The van der Waals surface area contributed by atoms with Gasteiger partial charge in [0.2, 0.25) is 0 Å². The molecule has 0 unspecified atom stereocenters. The number of halogens is 4. The predicted molar refractivity (Wildman–Crippen MR) is 133 cm³/mol. The number of Topliss-reactive ketones (excluding diaryl/α,β-unsaturated/α-hetero) is 1. The summed E-state index contributed by atoms with van der Waals surface area (Å²) in [7, 11) is 1.75. The first-order chi connectivity index (χ1) is 17.4. The highest BCUT2D eigenvalue weighted by Crippen LogP contribution is 2.30. The highest BCUT2D eigenvalue weighted by molar-refractivity contribution is 6.32. The third-order valence-corrected chi connectivity index (χ3v) is 5.99. The van der Waals surface area contributed by atoms with Gasteiger partial charge in [-0.2, -0.15) is 13.2 Å². The number of aromatic nitrogens is 2. The molecule has 3 rings (SSSR count). The fourth-order valence-electron chi connectivity index (χ4n) is 3.67. The number of carbonyl (C=O) groups excluding carboxylic acids is 2. The van der Waals surface area contributed by atoms with Crippen molar-refractivity contribution >= 4 is 23.3 Å². The lowest BCUT2D eigenvalue weighted by atomic mass is 10.0. The molecule has 37 heavy (non-hydrogen) atoms. The van der Waals surface area contributed by atoms with Crippen LogP contribution >= 0.6 is 11.6 Å². The van der Waals surface area contributed by atoms with Gasteiger partial charge in [-0.15, -0.1) is 0 Å². The molecule has 0 saturated heterocycles. The minimum Gasteiger partial charge on any atom is -0.480 e. The van der Waals surface area contributed by atoms with Crippen molar-refractivity contribution in [2.24, 2.45) is 7.05 Å². The van der Waals surface area contributed by atoms with Crippen LogP contribution in [0, 0.1) is 0 Å². The monoisotopic (exact) mass is 537 g/mol. The number of hydrogen-bond donors (Lipinski definition) is 2. The van der Waals surface area contributed by atoms with Crippen LogP contribution in [0.15, 0.2) is 48.7 Å². The van der Waals surface area contributed by atoms with Gasteiger partial charge in [-0.1, -0.05) is 35.9 Å². The van der Waals surface area contributed by atoms with Crippen molar-refractivity contribution < 1.29 is 32.6 Å². The number of aryl methyl sites for hydroxylation is 1. The minimum absolute atomic E-state index is 0.125. The van der Waals surface area contributed by atoms with E-state index in [0.29, 0.717) is 17.9 Å². The maximum Gasteiger partial charge on any atom is 0.425 e. The van der Waals surface area contributed by atoms with Crippen molar-refractivity contribution in [2.45, 2.75) is 45.0 Å². The van der Waals surface area contributed by atoms with Crippen molar-refractivity contribution in [1.29, 1.82) is 0 Å². The molecule has 1 amide bonds. The van der Waals surface area contributed by atoms with Gasteiger partial charge in [0.05, 0.1) is 10.7 Å². The third-order valence-electron chi connectivity index (χ3n) is 5.69. The van der Waals surface area contributed by atoms with Gasteiger partial charge in [0.25, 0.3) is 5.91 Å². The Kier molecular flexibility index (Phi) is 8.98. The zero-order chi connectivity index (χ0) is 27.3. The smallest absolute Gasteiger partial charge is 0.425 e. The van der Waals surface area contributed by atoms with E-state index in [9.17, 15) is 27.9 Å². The maximum absolute atomic E-state index is 12.8. The molecule has 0 spiro atoms. The molecule has 0 fully saturated rings. The molecule has 0 aliphatic heterocycles. The quantitative estimate of drug-likeness (QED) is 0.355. The number of ketones is 1. The van der Waals surface area contributed by atoms with E-state index >= 15 is 0 Å². The highest BCUT2D eigenvalue weighted by atomic mass is 35.5. The van der Waals surface area contributed by atoms with Gasteiger partial charge >= 0.3 is 6.18 Å². The zero-order valence-corrected chi connectivity index (χ0v) is 21.2. The van der Waals surface area contributed by atoms with E-state index in [-0.39, 0.29) is 35.1 Å². The molecule has 11 heteroatoms. The first-order valence-electron chi connectivity index (χ1n) is 11.5. The van der Waals surface area contributed by atoms with E-state index in [2.05, 4.69) is 10.3 Å². The lowest BCUT2D eigenvalue weighted by Crippen LogP contribution is -2.37. The van der Waals surface area contributed by atoms with Gasteiger partial charge < -0.3 is 19.7 Å². The number of alkyl halides is 3. The molecule has 0 saturated carbocycles. The summed E-state index contributed by atoms with van der Waals surface area (Å²) in [5.41, 5.74) is 2.53. The number of rotatable bonds is 10. The van der Waals surface area contributed by atoms with Gasteiger partial charge in [-0.25, -0.2) is 4.98 Å². The lowest BCUT2D eigenvalue weighted by molar-refractivity contribution is -0.189. The summed E-state index contributed by atoms with van der Waals surface area (Å²) in [4.78, 5) is 28.8. The number of hydrogen-bond acceptors (Lipinski definition) is 5. The summed E-state index contributed by atoms with van der Waals surface area (Å²) in [5, 5.41) is 12.2. The third kappa shape index (κ3) is 7.33. The van der Waals surface area contributed by atoms with E-state index in [4.69, 9.17) is 16.3 Å². The molecule has 2 N–H and O–H groups in total. The Morgan fingerprint density at radius 1 is 1.19 bits per heavy atom.